The maximum Gasteiger partial charge on any atom is 0.265 e. The van der Waals surface area contributed by atoms with Crippen LogP contribution in [0.15, 0.2) is 48.5 Å². The maximum atomic E-state index is 12.4. The normalized spacial score (nSPS) is 11.3. The van der Waals surface area contributed by atoms with Gasteiger partial charge in [-0.15, -0.1) is 0 Å². The number of para-hydroxylation sites is 2. The average molecular weight is 354 g/mol. The number of hydrogen-bond acceptors (Lipinski definition) is 5. The number of ether oxygens (including phenoxy) is 3. The molecule has 1 amide bonds. The lowest BCUT2D eigenvalue weighted by Crippen LogP contribution is -2.30. The van der Waals surface area contributed by atoms with E-state index in [2.05, 4.69) is 5.32 Å². The zero-order valence-electron chi connectivity index (χ0n) is 14.9. The van der Waals surface area contributed by atoms with E-state index in [1.54, 1.807) is 50.4 Å². The topological polar surface area (TPSA) is 80.6 Å². The number of methoxy groups -OCH3 is 1. The second-order valence-corrected chi connectivity index (χ2v) is 5.58. The second kappa shape index (κ2) is 10.1. The molecule has 6 nitrogen and oxygen atoms in total. The number of nitrogens with zero attached hydrogens (tertiary/aromatic N) is 1. The van der Waals surface area contributed by atoms with Crippen LogP contribution in [0.25, 0.3) is 0 Å². The summed E-state index contributed by atoms with van der Waals surface area (Å²) < 4.78 is 16.3. The van der Waals surface area contributed by atoms with Gasteiger partial charge in [0.2, 0.25) is 0 Å². The predicted molar refractivity (Wildman–Crippen MR) is 98.3 cm³/mol. The molecule has 6 heteroatoms. The lowest BCUT2D eigenvalue weighted by atomic mass is 10.2. The summed E-state index contributed by atoms with van der Waals surface area (Å²) in [6, 6.07) is 16.0. The van der Waals surface area contributed by atoms with Crippen LogP contribution in [0, 0.1) is 11.3 Å². The minimum Gasteiger partial charge on any atom is -0.491 e. The molecule has 2 aromatic carbocycles. The molecular formula is C20H22N2O4. The number of anilines is 1. The van der Waals surface area contributed by atoms with Gasteiger partial charge in [0.25, 0.3) is 5.91 Å². The molecular weight excluding hydrogens is 332 g/mol. The van der Waals surface area contributed by atoms with Crippen LogP contribution in [-0.4, -0.2) is 32.3 Å². The van der Waals surface area contributed by atoms with Crippen molar-refractivity contribution in [3.05, 3.63) is 54.1 Å². The molecule has 2 rings (SSSR count). The summed E-state index contributed by atoms with van der Waals surface area (Å²) in [4.78, 5) is 12.4. The molecule has 0 spiro atoms. The summed E-state index contributed by atoms with van der Waals surface area (Å²) >= 11 is 0. The fourth-order valence-electron chi connectivity index (χ4n) is 2.21. The van der Waals surface area contributed by atoms with Crippen molar-refractivity contribution in [3.8, 4) is 17.6 Å². The van der Waals surface area contributed by atoms with Crippen LogP contribution >= 0.6 is 0 Å². The van der Waals surface area contributed by atoms with Crippen molar-refractivity contribution in [3.63, 3.8) is 0 Å². The van der Waals surface area contributed by atoms with Gasteiger partial charge in [-0.2, -0.15) is 5.26 Å². The lowest BCUT2D eigenvalue weighted by Gasteiger charge is -2.17. The highest BCUT2D eigenvalue weighted by Crippen LogP contribution is 2.24. The fraction of sp³-hybridized carbons (Fsp3) is 0.300. The number of amides is 1. The number of carbonyl (C=O) groups excluding carboxylic acids is 1. The molecule has 1 unspecified atom stereocenters. The van der Waals surface area contributed by atoms with Gasteiger partial charge in [0.05, 0.1) is 23.9 Å². The first-order valence-corrected chi connectivity index (χ1v) is 8.32. The van der Waals surface area contributed by atoms with Crippen LogP contribution in [0.5, 0.6) is 11.5 Å². The molecule has 0 saturated carbocycles. The minimum atomic E-state index is -0.731. The monoisotopic (exact) mass is 354 g/mol. The molecule has 26 heavy (non-hydrogen) atoms. The lowest BCUT2D eigenvalue weighted by molar-refractivity contribution is -0.122. The van der Waals surface area contributed by atoms with Gasteiger partial charge in [0, 0.05) is 20.1 Å². The van der Waals surface area contributed by atoms with E-state index in [1.165, 1.54) is 0 Å². The molecule has 0 aliphatic heterocycles. The summed E-state index contributed by atoms with van der Waals surface area (Å²) in [5.74, 6) is 0.756. The largest absolute Gasteiger partial charge is 0.491 e. The van der Waals surface area contributed by atoms with Crippen LogP contribution in [0.3, 0.4) is 0 Å². The highest BCUT2D eigenvalue weighted by Gasteiger charge is 2.17. The molecule has 0 radical (unpaired) electrons. The minimum absolute atomic E-state index is 0.305. The molecule has 1 N–H and O–H groups in total. The van der Waals surface area contributed by atoms with Gasteiger partial charge >= 0.3 is 0 Å². The van der Waals surface area contributed by atoms with E-state index in [1.807, 2.05) is 18.2 Å². The Morgan fingerprint density at radius 1 is 1.19 bits per heavy atom. The maximum absolute atomic E-state index is 12.4. The second-order valence-electron chi connectivity index (χ2n) is 5.58. The van der Waals surface area contributed by atoms with E-state index in [4.69, 9.17) is 19.5 Å². The molecule has 0 fully saturated rings. The summed E-state index contributed by atoms with van der Waals surface area (Å²) in [7, 11) is 1.64. The average Bonchev–Trinajstić information content (AvgIpc) is 2.66. The van der Waals surface area contributed by atoms with E-state index in [-0.39, 0.29) is 5.91 Å². The van der Waals surface area contributed by atoms with Gasteiger partial charge in [-0.05, 0) is 37.3 Å². The first kappa shape index (κ1) is 19.3. The van der Waals surface area contributed by atoms with Crippen LogP contribution in [0.4, 0.5) is 5.69 Å². The number of carbonyl (C=O) groups is 1. The molecule has 0 saturated heterocycles. The number of hydrogen-bond donors (Lipinski definition) is 1. The Kier molecular flexibility index (Phi) is 7.47. The van der Waals surface area contributed by atoms with Crippen LogP contribution in [-0.2, 0) is 9.53 Å². The SMILES string of the molecule is COCCCOc1ccccc1NC(=O)C(C)Oc1cccc(C#N)c1. The smallest absolute Gasteiger partial charge is 0.265 e. The third-order valence-electron chi connectivity index (χ3n) is 3.54. The van der Waals surface area contributed by atoms with E-state index in [9.17, 15) is 4.79 Å². The van der Waals surface area contributed by atoms with Crippen molar-refractivity contribution in [1.82, 2.24) is 0 Å². The van der Waals surface area contributed by atoms with E-state index in [0.29, 0.717) is 36.0 Å². The number of rotatable bonds is 9. The number of nitrogens with one attached hydrogen (secondary N) is 1. The Hall–Kier alpha value is -3.04. The predicted octanol–water partition coefficient (Wildman–Crippen LogP) is 3.38. The quantitative estimate of drug-likeness (QED) is 0.698. The molecule has 0 aromatic heterocycles. The fourth-order valence-corrected chi connectivity index (χ4v) is 2.21. The van der Waals surface area contributed by atoms with Crippen LogP contribution in [0.2, 0.25) is 0 Å². The third kappa shape index (κ3) is 5.80. The van der Waals surface area contributed by atoms with Gasteiger partial charge in [-0.3, -0.25) is 4.79 Å². The van der Waals surface area contributed by atoms with Gasteiger partial charge in [-0.1, -0.05) is 18.2 Å². The van der Waals surface area contributed by atoms with Crippen molar-refractivity contribution in [2.24, 2.45) is 0 Å². The van der Waals surface area contributed by atoms with Crippen molar-refractivity contribution < 1.29 is 19.0 Å². The van der Waals surface area contributed by atoms with Crippen molar-refractivity contribution in [2.45, 2.75) is 19.4 Å². The zero-order valence-corrected chi connectivity index (χ0v) is 14.9. The number of benzene rings is 2. The molecule has 136 valence electrons. The summed E-state index contributed by atoms with van der Waals surface area (Å²) in [6.45, 7) is 2.76. The molecule has 1 atom stereocenters. The molecule has 0 aliphatic carbocycles. The summed E-state index contributed by atoms with van der Waals surface area (Å²) in [5, 5.41) is 11.7. The first-order valence-electron chi connectivity index (χ1n) is 8.32. The van der Waals surface area contributed by atoms with Crippen molar-refractivity contribution >= 4 is 11.6 Å². The molecule has 2 aromatic rings. The Bertz CT molecular complexity index is 770. The van der Waals surface area contributed by atoms with Crippen LogP contribution < -0.4 is 14.8 Å². The summed E-state index contributed by atoms with van der Waals surface area (Å²) in [6.07, 6.45) is 0.0264. The van der Waals surface area contributed by atoms with Crippen molar-refractivity contribution in [2.75, 3.05) is 25.6 Å². The Morgan fingerprint density at radius 2 is 2.00 bits per heavy atom. The highest BCUT2D eigenvalue weighted by atomic mass is 16.5. The van der Waals surface area contributed by atoms with Gasteiger partial charge in [-0.25, -0.2) is 0 Å². The van der Waals surface area contributed by atoms with Gasteiger partial charge in [0.15, 0.2) is 6.10 Å². The molecule has 0 aliphatic rings. The van der Waals surface area contributed by atoms with Crippen molar-refractivity contribution in [1.29, 1.82) is 5.26 Å². The summed E-state index contributed by atoms with van der Waals surface area (Å²) in [5.41, 5.74) is 1.06. The van der Waals surface area contributed by atoms with Gasteiger partial charge in [0.1, 0.15) is 11.5 Å². The van der Waals surface area contributed by atoms with Gasteiger partial charge < -0.3 is 19.5 Å². The standard InChI is InChI=1S/C20H22N2O4/c1-15(26-17-8-5-7-16(13-17)14-21)20(23)22-18-9-3-4-10-19(18)25-12-6-11-24-2/h3-5,7-10,13,15H,6,11-12H2,1-2H3,(H,22,23). The Morgan fingerprint density at radius 3 is 2.77 bits per heavy atom. The highest BCUT2D eigenvalue weighted by molar-refractivity contribution is 5.95. The molecule has 0 bridgehead atoms. The van der Waals surface area contributed by atoms with Crippen LogP contribution in [0.1, 0.15) is 18.9 Å². The first-order chi connectivity index (χ1) is 12.6. The Labute approximate surface area is 153 Å². The zero-order chi connectivity index (χ0) is 18.8. The molecule has 0 heterocycles. The van der Waals surface area contributed by atoms with E-state index < -0.39 is 6.10 Å². The number of nitriles is 1. The Balaban J connectivity index is 1.97. The van der Waals surface area contributed by atoms with E-state index >= 15 is 0 Å². The third-order valence-corrected chi connectivity index (χ3v) is 3.54. The van der Waals surface area contributed by atoms with E-state index in [0.717, 1.165) is 6.42 Å².